The second kappa shape index (κ2) is 9.00. The van der Waals surface area contributed by atoms with Crippen molar-refractivity contribution >= 4 is 17.5 Å². The Balaban J connectivity index is 1.23. The maximum Gasteiger partial charge on any atom is 0.245 e. The monoisotopic (exact) mass is 439 g/mol. The minimum absolute atomic E-state index is 0.134. The quantitative estimate of drug-likeness (QED) is 0.704. The van der Waals surface area contributed by atoms with E-state index in [1.807, 2.05) is 29.1 Å². The average Bonchev–Trinajstić information content (AvgIpc) is 3.51. The molecule has 4 fully saturated rings. The van der Waals surface area contributed by atoms with E-state index >= 15 is 0 Å². The number of piperazine rings is 1. The normalized spacial score (nSPS) is 27.9. The maximum absolute atomic E-state index is 13.4. The summed E-state index contributed by atoms with van der Waals surface area (Å²) < 4.78 is 0. The second-order valence-electron chi connectivity index (χ2n) is 10.3. The van der Waals surface area contributed by atoms with E-state index in [1.165, 1.54) is 17.7 Å². The molecule has 5 rings (SSSR count). The van der Waals surface area contributed by atoms with Gasteiger partial charge in [-0.2, -0.15) is 0 Å². The first kappa shape index (κ1) is 21.7. The zero-order valence-corrected chi connectivity index (χ0v) is 19.6. The Morgan fingerprint density at radius 3 is 2.62 bits per heavy atom. The fourth-order valence-electron chi connectivity index (χ4n) is 5.87. The van der Waals surface area contributed by atoms with Crippen molar-refractivity contribution in [2.45, 2.75) is 51.0 Å². The second-order valence-corrected chi connectivity index (χ2v) is 10.3. The van der Waals surface area contributed by atoms with Crippen molar-refractivity contribution in [3.63, 3.8) is 0 Å². The SMILES string of the molecule is CC[C@@H](C(=O)N1CC(c2cnccc2N2CCN(C)CC2)C1)N1CCC2CC2CCC1=O. The zero-order valence-electron chi connectivity index (χ0n) is 19.6. The molecule has 0 bridgehead atoms. The summed E-state index contributed by atoms with van der Waals surface area (Å²) in [6, 6.07) is 1.83. The lowest BCUT2D eigenvalue weighted by atomic mass is 9.89. The van der Waals surface area contributed by atoms with Crippen molar-refractivity contribution in [1.29, 1.82) is 0 Å². The standard InChI is InChI=1S/C25H37N5O2/c1-3-22(30-9-7-19-14-18(19)4-5-24(30)31)25(32)29-16-20(17-29)21-15-26-8-6-23(21)28-12-10-27(2)11-13-28/h6,8,15,18-20,22H,3-5,7,9-14,16-17H2,1-2H3/t18?,19?,22-/m0/s1. The predicted molar refractivity (Wildman–Crippen MR) is 125 cm³/mol. The Kier molecular flexibility index (Phi) is 6.10. The number of aromatic nitrogens is 1. The van der Waals surface area contributed by atoms with Crippen molar-refractivity contribution in [3.05, 3.63) is 24.0 Å². The molecule has 32 heavy (non-hydrogen) atoms. The number of hydrogen-bond donors (Lipinski definition) is 0. The largest absolute Gasteiger partial charge is 0.369 e. The van der Waals surface area contributed by atoms with E-state index in [4.69, 9.17) is 0 Å². The van der Waals surface area contributed by atoms with Crippen molar-refractivity contribution in [2.24, 2.45) is 11.8 Å². The molecular formula is C25H37N5O2. The highest BCUT2D eigenvalue weighted by atomic mass is 16.2. The predicted octanol–water partition coefficient (Wildman–Crippen LogP) is 2.19. The fraction of sp³-hybridized carbons (Fsp3) is 0.720. The van der Waals surface area contributed by atoms with Gasteiger partial charge in [-0.25, -0.2) is 0 Å². The van der Waals surface area contributed by atoms with Crippen LogP contribution in [0, 0.1) is 11.8 Å². The topological polar surface area (TPSA) is 60.0 Å². The summed E-state index contributed by atoms with van der Waals surface area (Å²) in [5.74, 6) is 2.19. The van der Waals surface area contributed by atoms with Gasteiger partial charge in [0.15, 0.2) is 0 Å². The van der Waals surface area contributed by atoms with Crippen LogP contribution in [0.5, 0.6) is 0 Å². The van der Waals surface area contributed by atoms with Crippen molar-refractivity contribution in [1.82, 2.24) is 19.7 Å². The first-order chi connectivity index (χ1) is 15.5. The molecule has 1 aliphatic carbocycles. The van der Waals surface area contributed by atoms with Gasteiger partial charge in [-0.05, 0) is 50.6 Å². The third-order valence-electron chi connectivity index (χ3n) is 8.21. The minimum Gasteiger partial charge on any atom is -0.369 e. The van der Waals surface area contributed by atoms with Crippen LogP contribution in [0.25, 0.3) is 0 Å². The molecule has 2 unspecified atom stereocenters. The van der Waals surface area contributed by atoms with Gasteiger partial charge in [0, 0.05) is 81.8 Å². The number of fused-ring (bicyclic) bond motifs is 1. The van der Waals surface area contributed by atoms with Crippen LogP contribution in [0.15, 0.2) is 18.5 Å². The maximum atomic E-state index is 13.4. The number of carbonyl (C=O) groups excluding carboxylic acids is 2. The Bertz CT molecular complexity index is 846. The van der Waals surface area contributed by atoms with Gasteiger partial charge in [0.1, 0.15) is 6.04 Å². The van der Waals surface area contributed by atoms with Gasteiger partial charge < -0.3 is 19.6 Å². The summed E-state index contributed by atoms with van der Waals surface area (Å²) in [5, 5.41) is 0. The van der Waals surface area contributed by atoms with Crippen LogP contribution in [-0.2, 0) is 9.59 Å². The average molecular weight is 440 g/mol. The Morgan fingerprint density at radius 2 is 1.88 bits per heavy atom. The summed E-state index contributed by atoms with van der Waals surface area (Å²) in [4.78, 5) is 39.3. The number of likely N-dealkylation sites (N-methyl/N-ethyl adjacent to an activating group) is 1. The molecule has 174 valence electrons. The minimum atomic E-state index is -0.301. The molecule has 4 aliphatic rings. The molecule has 7 heteroatoms. The fourth-order valence-corrected chi connectivity index (χ4v) is 5.87. The Morgan fingerprint density at radius 1 is 1.12 bits per heavy atom. The Labute approximate surface area is 191 Å². The molecule has 1 aromatic heterocycles. The van der Waals surface area contributed by atoms with Gasteiger partial charge in [0.2, 0.25) is 11.8 Å². The molecule has 3 saturated heterocycles. The van der Waals surface area contributed by atoms with E-state index in [0.29, 0.717) is 18.8 Å². The number of pyridine rings is 1. The highest BCUT2D eigenvalue weighted by Gasteiger charge is 2.43. The molecule has 3 atom stereocenters. The lowest BCUT2D eigenvalue weighted by Crippen LogP contribution is -2.57. The van der Waals surface area contributed by atoms with Crippen LogP contribution < -0.4 is 4.90 Å². The van der Waals surface area contributed by atoms with Crippen LogP contribution in [-0.4, -0.2) is 90.4 Å². The number of anilines is 1. The van der Waals surface area contributed by atoms with Gasteiger partial charge in [-0.1, -0.05) is 6.92 Å². The number of rotatable bonds is 5. The number of carbonyl (C=O) groups is 2. The van der Waals surface area contributed by atoms with Crippen molar-refractivity contribution < 1.29 is 9.59 Å². The molecule has 4 heterocycles. The summed E-state index contributed by atoms with van der Waals surface area (Å²) in [6.07, 6.45) is 8.52. The molecule has 2 amide bonds. The summed E-state index contributed by atoms with van der Waals surface area (Å²) in [5.41, 5.74) is 2.53. The number of likely N-dealkylation sites (tertiary alicyclic amines) is 2. The van der Waals surface area contributed by atoms with E-state index in [9.17, 15) is 9.59 Å². The molecule has 0 radical (unpaired) electrons. The highest BCUT2D eigenvalue weighted by Crippen LogP contribution is 2.46. The number of hydrogen-bond acceptors (Lipinski definition) is 5. The summed E-state index contributed by atoms with van der Waals surface area (Å²) in [6.45, 7) is 8.44. The number of amides is 2. The van der Waals surface area contributed by atoms with Gasteiger partial charge in [-0.3, -0.25) is 14.6 Å². The summed E-state index contributed by atoms with van der Waals surface area (Å²) >= 11 is 0. The lowest BCUT2D eigenvalue weighted by Gasteiger charge is -2.44. The van der Waals surface area contributed by atoms with Crippen LogP contribution in [0.1, 0.15) is 50.5 Å². The lowest BCUT2D eigenvalue weighted by molar-refractivity contribution is -0.149. The first-order valence-corrected chi connectivity index (χ1v) is 12.5. The van der Waals surface area contributed by atoms with E-state index in [-0.39, 0.29) is 17.9 Å². The van der Waals surface area contributed by atoms with Crippen molar-refractivity contribution in [3.8, 4) is 0 Å². The van der Waals surface area contributed by atoms with E-state index in [1.54, 1.807) is 0 Å². The van der Waals surface area contributed by atoms with Gasteiger partial charge in [0.05, 0.1) is 0 Å². The molecule has 0 aromatic carbocycles. The number of nitrogens with zero attached hydrogens (tertiary/aromatic N) is 5. The van der Waals surface area contributed by atoms with E-state index in [2.05, 4.69) is 27.9 Å². The molecule has 3 aliphatic heterocycles. The van der Waals surface area contributed by atoms with Crippen LogP contribution in [0.2, 0.25) is 0 Å². The molecular weight excluding hydrogens is 402 g/mol. The van der Waals surface area contributed by atoms with E-state index in [0.717, 1.165) is 70.5 Å². The third kappa shape index (κ3) is 4.24. The molecule has 0 spiro atoms. The highest BCUT2D eigenvalue weighted by molar-refractivity contribution is 5.88. The molecule has 7 nitrogen and oxygen atoms in total. The Hall–Kier alpha value is -2.15. The van der Waals surface area contributed by atoms with Gasteiger partial charge in [0.25, 0.3) is 0 Å². The van der Waals surface area contributed by atoms with E-state index < -0.39 is 0 Å². The summed E-state index contributed by atoms with van der Waals surface area (Å²) in [7, 11) is 2.17. The van der Waals surface area contributed by atoms with Crippen LogP contribution >= 0.6 is 0 Å². The van der Waals surface area contributed by atoms with Gasteiger partial charge >= 0.3 is 0 Å². The van der Waals surface area contributed by atoms with Crippen LogP contribution in [0.4, 0.5) is 5.69 Å². The first-order valence-electron chi connectivity index (χ1n) is 12.5. The molecule has 1 saturated carbocycles. The third-order valence-corrected chi connectivity index (χ3v) is 8.21. The molecule has 1 aromatic rings. The van der Waals surface area contributed by atoms with Crippen LogP contribution in [0.3, 0.4) is 0 Å². The smallest absolute Gasteiger partial charge is 0.245 e. The zero-order chi connectivity index (χ0) is 22.2. The van der Waals surface area contributed by atoms with Gasteiger partial charge in [-0.15, -0.1) is 0 Å². The molecule has 0 N–H and O–H groups in total. The van der Waals surface area contributed by atoms with Crippen molar-refractivity contribution in [2.75, 3.05) is 57.8 Å².